The number of aryl methyl sites for hydroxylation is 1. The lowest BCUT2D eigenvalue weighted by molar-refractivity contribution is -0.141. The molecule has 2 atom stereocenters. The molecule has 33 heavy (non-hydrogen) atoms. The fourth-order valence-corrected chi connectivity index (χ4v) is 5.29. The molecule has 0 aliphatic carbocycles. The Bertz CT molecular complexity index is 1230. The minimum absolute atomic E-state index is 0.0267. The minimum Gasteiger partial charge on any atom is -0.493 e. The van der Waals surface area contributed by atoms with Crippen LogP contribution in [0.2, 0.25) is 0 Å². The zero-order valence-corrected chi connectivity index (χ0v) is 18.2. The van der Waals surface area contributed by atoms with E-state index in [1.165, 1.54) is 39.6 Å². The van der Waals surface area contributed by atoms with Gasteiger partial charge in [0.2, 0.25) is 0 Å². The summed E-state index contributed by atoms with van der Waals surface area (Å²) in [5.41, 5.74) is -0.379. The van der Waals surface area contributed by atoms with E-state index in [0.717, 1.165) is 12.3 Å². The first kappa shape index (κ1) is 23.2. The number of imidazole rings is 1. The number of benzene rings is 1. The SMILES string of the molecule is Cn1cnc(S(=O)(=O)N2C[C@@H](COc3ccnc(C(F)(F)F)c3)[C@H](c3ccc(F)cc3)C2)c1. The van der Waals surface area contributed by atoms with Crippen molar-refractivity contribution in [2.75, 3.05) is 19.7 Å². The van der Waals surface area contributed by atoms with Gasteiger partial charge in [0.15, 0.2) is 5.03 Å². The molecule has 0 N–H and O–H groups in total. The molecule has 0 unspecified atom stereocenters. The Morgan fingerprint density at radius 3 is 2.48 bits per heavy atom. The van der Waals surface area contributed by atoms with Crippen LogP contribution in [0.25, 0.3) is 0 Å². The second-order valence-electron chi connectivity index (χ2n) is 7.80. The number of hydrogen-bond donors (Lipinski definition) is 0. The summed E-state index contributed by atoms with van der Waals surface area (Å²) < 4.78 is 86.8. The zero-order chi connectivity index (χ0) is 23.8. The van der Waals surface area contributed by atoms with E-state index >= 15 is 0 Å². The summed E-state index contributed by atoms with van der Waals surface area (Å²) in [4.78, 5) is 7.24. The monoisotopic (exact) mass is 484 g/mol. The number of pyridine rings is 1. The second kappa shape index (κ2) is 8.75. The van der Waals surface area contributed by atoms with Gasteiger partial charge in [-0.25, -0.2) is 17.8 Å². The summed E-state index contributed by atoms with van der Waals surface area (Å²) in [6.45, 7) is 0.123. The Morgan fingerprint density at radius 2 is 1.85 bits per heavy atom. The molecule has 176 valence electrons. The number of ether oxygens (including phenoxy) is 1. The molecule has 1 aromatic carbocycles. The number of rotatable bonds is 6. The van der Waals surface area contributed by atoms with Gasteiger partial charge in [0.1, 0.15) is 17.3 Å². The van der Waals surface area contributed by atoms with Gasteiger partial charge in [0.05, 0.1) is 12.9 Å². The van der Waals surface area contributed by atoms with E-state index in [4.69, 9.17) is 4.74 Å². The molecule has 1 saturated heterocycles. The molecule has 7 nitrogen and oxygen atoms in total. The summed E-state index contributed by atoms with van der Waals surface area (Å²) in [5.74, 6) is -1.20. The van der Waals surface area contributed by atoms with Crippen molar-refractivity contribution in [1.82, 2.24) is 18.8 Å². The Kier molecular flexibility index (Phi) is 6.14. The van der Waals surface area contributed by atoms with Gasteiger partial charge in [-0.2, -0.15) is 17.5 Å². The van der Waals surface area contributed by atoms with Crippen molar-refractivity contribution in [3.63, 3.8) is 0 Å². The van der Waals surface area contributed by atoms with Gasteiger partial charge in [-0.3, -0.25) is 4.98 Å². The lowest BCUT2D eigenvalue weighted by Crippen LogP contribution is -2.30. The lowest BCUT2D eigenvalue weighted by Gasteiger charge is -2.19. The highest BCUT2D eigenvalue weighted by molar-refractivity contribution is 7.89. The fraction of sp³-hybridized carbons (Fsp3) is 0.333. The van der Waals surface area contributed by atoms with Gasteiger partial charge in [-0.1, -0.05) is 12.1 Å². The van der Waals surface area contributed by atoms with Crippen LogP contribution in [0, 0.1) is 11.7 Å². The topological polar surface area (TPSA) is 77.3 Å². The number of hydrogen-bond acceptors (Lipinski definition) is 5. The molecule has 3 aromatic rings. The molecule has 1 fully saturated rings. The highest BCUT2D eigenvalue weighted by Gasteiger charge is 2.41. The van der Waals surface area contributed by atoms with Crippen molar-refractivity contribution in [3.05, 3.63) is 72.2 Å². The van der Waals surface area contributed by atoms with Crippen molar-refractivity contribution in [3.8, 4) is 5.75 Å². The third-order valence-electron chi connectivity index (χ3n) is 5.48. The molecular formula is C21H20F4N4O3S. The third kappa shape index (κ3) is 5.01. The Morgan fingerprint density at radius 1 is 1.12 bits per heavy atom. The molecule has 0 bridgehead atoms. The second-order valence-corrected chi connectivity index (χ2v) is 9.69. The maximum atomic E-state index is 13.4. The normalized spacial score (nSPS) is 19.7. The van der Waals surface area contributed by atoms with Gasteiger partial charge < -0.3 is 9.30 Å². The third-order valence-corrected chi connectivity index (χ3v) is 7.19. The molecule has 0 amide bonds. The molecular weight excluding hydrogens is 464 g/mol. The van der Waals surface area contributed by atoms with Crippen LogP contribution in [0.1, 0.15) is 17.2 Å². The van der Waals surface area contributed by atoms with Gasteiger partial charge in [0, 0.05) is 50.4 Å². The average Bonchev–Trinajstić information content (AvgIpc) is 3.40. The van der Waals surface area contributed by atoms with Crippen LogP contribution in [0.5, 0.6) is 5.75 Å². The van der Waals surface area contributed by atoms with Crippen molar-refractivity contribution in [1.29, 1.82) is 0 Å². The molecule has 0 radical (unpaired) electrons. The Labute approximate surface area is 187 Å². The van der Waals surface area contributed by atoms with Gasteiger partial charge >= 0.3 is 6.18 Å². The van der Waals surface area contributed by atoms with Crippen LogP contribution in [0.15, 0.2) is 60.1 Å². The molecule has 4 rings (SSSR count). The van der Waals surface area contributed by atoms with Crippen molar-refractivity contribution < 1.29 is 30.7 Å². The van der Waals surface area contributed by atoms with Crippen molar-refractivity contribution in [2.24, 2.45) is 13.0 Å². The molecule has 0 saturated carbocycles. The van der Waals surface area contributed by atoms with E-state index in [1.54, 1.807) is 19.2 Å². The average molecular weight is 484 g/mol. The smallest absolute Gasteiger partial charge is 0.433 e. The van der Waals surface area contributed by atoms with Crippen molar-refractivity contribution >= 4 is 10.0 Å². The van der Waals surface area contributed by atoms with E-state index in [9.17, 15) is 26.0 Å². The fourth-order valence-electron chi connectivity index (χ4n) is 3.80. The van der Waals surface area contributed by atoms with E-state index in [1.807, 2.05) is 0 Å². The highest BCUT2D eigenvalue weighted by Crippen LogP contribution is 2.36. The maximum Gasteiger partial charge on any atom is 0.433 e. The number of halogens is 4. The van der Waals surface area contributed by atoms with E-state index in [0.29, 0.717) is 5.56 Å². The maximum absolute atomic E-state index is 13.4. The number of nitrogens with zero attached hydrogens (tertiary/aromatic N) is 4. The largest absolute Gasteiger partial charge is 0.493 e. The van der Waals surface area contributed by atoms with Crippen LogP contribution < -0.4 is 4.74 Å². The molecule has 1 aliphatic heterocycles. The van der Waals surface area contributed by atoms with Crippen LogP contribution in [-0.2, 0) is 23.2 Å². The standard InChI is InChI=1S/C21H20F4N4O3S/c1-28-11-20(27-13-28)33(30,31)29-9-15(18(10-29)14-2-4-16(22)5-3-14)12-32-17-6-7-26-19(8-17)21(23,24)25/h2-8,11,13,15,18H,9-10,12H2,1H3/t15-,18-/m0/s1. The van der Waals surface area contributed by atoms with Crippen LogP contribution >= 0.6 is 0 Å². The minimum atomic E-state index is -4.61. The first-order chi connectivity index (χ1) is 15.5. The van der Waals surface area contributed by atoms with E-state index in [-0.39, 0.29) is 36.4 Å². The quantitative estimate of drug-likeness (QED) is 0.501. The number of sulfonamides is 1. The van der Waals surface area contributed by atoms with E-state index in [2.05, 4.69) is 9.97 Å². The zero-order valence-electron chi connectivity index (χ0n) is 17.4. The molecule has 1 aliphatic rings. The molecule has 0 spiro atoms. The summed E-state index contributed by atoms with van der Waals surface area (Å²) >= 11 is 0. The van der Waals surface area contributed by atoms with Gasteiger partial charge in [-0.15, -0.1) is 0 Å². The first-order valence-electron chi connectivity index (χ1n) is 9.93. The lowest BCUT2D eigenvalue weighted by atomic mass is 9.89. The van der Waals surface area contributed by atoms with Crippen molar-refractivity contribution in [2.45, 2.75) is 17.1 Å². The highest BCUT2D eigenvalue weighted by atomic mass is 32.2. The molecule has 12 heteroatoms. The summed E-state index contributed by atoms with van der Waals surface area (Å²) in [5, 5.41) is -0.103. The summed E-state index contributed by atoms with van der Waals surface area (Å²) in [7, 11) is -2.25. The van der Waals surface area contributed by atoms with Gasteiger partial charge in [0.25, 0.3) is 10.0 Å². The number of aromatic nitrogens is 3. The van der Waals surface area contributed by atoms with Gasteiger partial charge in [-0.05, 0) is 23.8 Å². The first-order valence-corrected chi connectivity index (χ1v) is 11.4. The molecule has 2 aromatic heterocycles. The summed E-state index contributed by atoms with van der Waals surface area (Å²) in [6, 6.07) is 7.79. The van der Waals surface area contributed by atoms with E-state index < -0.39 is 33.6 Å². The Balaban J connectivity index is 1.58. The van der Waals surface area contributed by atoms with Crippen LogP contribution in [0.3, 0.4) is 0 Å². The predicted octanol–water partition coefficient (Wildman–Crippen LogP) is 3.46. The summed E-state index contributed by atoms with van der Waals surface area (Å²) in [6.07, 6.45) is -0.844. The number of alkyl halides is 3. The predicted molar refractivity (Wildman–Crippen MR) is 109 cm³/mol. The van der Waals surface area contributed by atoms with Crippen LogP contribution in [0.4, 0.5) is 17.6 Å². The molecule has 3 heterocycles. The van der Waals surface area contributed by atoms with Crippen LogP contribution in [-0.4, -0.2) is 47.0 Å². The Hall–Kier alpha value is -2.99.